The lowest BCUT2D eigenvalue weighted by atomic mass is 9.65. The molecule has 2 aliphatic heterocycles. The Morgan fingerprint density at radius 3 is 2.69 bits per heavy atom. The van der Waals surface area contributed by atoms with Gasteiger partial charge in [-0.1, -0.05) is 24.2 Å². The van der Waals surface area contributed by atoms with Gasteiger partial charge in [-0.05, 0) is 68.6 Å². The van der Waals surface area contributed by atoms with Crippen LogP contribution in [0.5, 0.6) is 0 Å². The molecule has 5 nitrogen and oxygen atoms in total. The quantitative estimate of drug-likeness (QED) is 0.650. The minimum absolute atomic E-state index is 0.554. The molecule has 1 aromatic heterocycles. The number of nitrogens with zero attached hydrogens (tertiary/aromatic N) is 3. The first-order valence-corrected chi connectivity index (χ1v) is 11.6. The Labute approximate surface area is 177 Å². The monoisotopic (exact) mass is 410 g/mol. The normalized spacial score (nSPS) is 26.4. The summed E-state index contributed by atoms with van der Waals surface area (Å²) in [4.78, 5) is 12.7. The first kappa shape index (κ1) is 19.3. The van der Waals surface area contributed by atoms with Gasteiger partial charge >= 0.3 is 0 Å². The smallest absolute Gasteiger partial charge is 0.163 e. The third-order valence-electron chi connectivity index (χ3n) is 6.66. The minimum Gasteiger partial charge on any atom is -0.390 e. The van der Waals surface area contributed by atoms with Crippen LogP contribution in [0.2, 0.25) is 0 Å². The average molecular weight is 411 g/mol. The first-order chi connectivity index (χ1) is 13.9. The highest BCUT2D eigenvalue weighted by Crippen LogP contribution is 2.45. The second kappa shape index (κ2) is 7.56. The number of aromatic nitrogens is 2. The minimum atomic E-state index is -0.554. The number of hydrogen-bond donors (Lipinski definition) is 2. The van der Waals surface area contributed by atoms with Crippen LogP contribution in [-0.2, 0) is 6.54 Å². The lowest BCUT2D eigenvalue weighted by Crippen LogP contribution is -2.49. The Hall–Kier alpha value is -1.63. The van der Waals surface area contributed by atoms with Gasteiger partial charge in [0.25, 0.3) is 0 Å². The third kappa shape index (κ3) is 4.16. The van der Waals surface area contributed by atoms with Crippen molar-refractivity contribution in [3.05, 3.63) is 36.2 Å². The van der Waals surface area contributed by atoms with Crippen molar-refractivity contribution in [2.24, 2.45) is 17.8 Å². The van der Waals surface area contributed by atoms with Crippen molar-refractivity contribution in [2.75, 3.05) is 18.4 Å². The van der Waals surface area contributed by atoms with Gasteiger partial charge in [-0.3, -0.25) is 4.90 Å². The molecule has 2 unspecified atom stereocenters. The Kier molecular flexibility index (Phi) is 5.04. The van der Waals surface area contributed by atoms with Crippen LogP contribution in [0.25, 0.3) is 0 Å². The molecule has 1 saturated carbocycles. The van der Waals surface area contributed by atoms with Gasteiger partial charge in [-0.2, -0.15) is 0 Å². The van der Waals surface area contributed by atoms with E-state index in [-0.39, 0.29) is 0 Å². The van der Waals surface area contributed by atoms with E-state index in [1.165, 1.54) is 29.7 Å². The molecule has 0 spiro atoms. The summed E-state index contributed by atoms with van der Waals surface area (Å²) in [5.74, 6) is 2.98. The molecule has 2 fully saturated rings. The van der Waals surface area contributed by atoms with Gasteiger partial charge < -0.3 is 10.4 Å². The van der Waals surface area contributed by atoms with E-state index in [0.717, 1.165) is 54.4 Å². The van der Waals surface area contributed by atoms with Gasteiger partial charge in [0.2, 0.25) is 0 Å². The topological polar surface area (TPSA) is 61.3 Å². The second-order valence-electron chi connectivity index (χ2n) is 9.59. The summed E-state index contributed by atoms with van der Waals surface area (Å²) in [6.45, 7) is 7.25. The van der Waals surface area contributed by atoms with Gasteiger partial charge in [-0.25, -0.2) is 9.97 Å². The molecule has 3 heterocycles. The SMILES string of the molecule is CC(C)(O)CC1C2CCCC1CN(Cc1ccc3c(c1)Nc1nccnc1S3)C2. The number of likely N-dealkylation sites (tertiary alicyclic amines) is 1. The molecule has 5 rings (SSSR count). The first-order valence-electron chi connectivity index (χ1n) is 10.8. The fourth-order valence-electron chi connectivity index (χ4n) is 5.52. The molecule has 154 valence electrons. The van der Waals surface area contributed by atoms with Crippen LogP contribution in [0, 0.1) is 17.8 Å². The van der Waals surface area contributed by atoms with Crippen LogP contribution in [0.3, 0.4) is 0 Å². The Morgan fingerprint density at radius 2 is 1.93 bits per heavy atom. The van der Waals surface area contributed by atoms with E-state index in [9.17, 15) is 5.11 Å². The fourth-order valence-corrected chi connectivity index (χ4v) is 6.40. The molecule has 0 radical (unpaired) electrons. The molecule has 2 atom stereocenters. The number of aliphatic hydroxyl groups is 1. The van der Waals surface area contributed by atoms with Crippen molar-refractivity contribution in [3.63, 3.8) is 0 Å². The standard InChI is InChI=1S/C23H30N4OS/c1-23(2,28)11-18-16-4-3-5-17(18)14-27(13-16)12-15-6-7-20-19(10-15)26-21-22(29-20)25-9-8-24-21/h6-10,16-18,28H,3-5,11-14H2,1-2H3,(H,24,26). The summed E-state index contributed by atoms with van der Waals surface area (Å²) in [5, 5.41) is 14.8. The highest BCUT2D eigenvalue weighted by atomic mass is 32.2. The number of rotatable bonds is 4. The van der Waals surface area contributed by atoms with E-state index in [1.54, 1.807) is 24.2 Å². The van der Waals surface area contributed by atoms with E-state index >= 15 is 0 Å². The largest absolute Gasteiger partial charge is 0.390 e. The van der Waals surface area contributed by atoms with Crippen LogP contribution in [0.15, 0.2) is 40.5 Å². The van der Waals surface area contributed by atoms with Crippen molar-refractivity contribution in [1.82, 2.24) is 14.9 Å². The molecule has 1 saturated heterocycles. The number of anilines is 2. The molecule has 2 bridgehead atoms. The molecule has 6 heteroatoms. The number of piperidine rings is 1. The molecule has 1 aliphatic carbocycles. The third-order valence-corrected chi connectivity index (χ3v) is 7.72. The fraction of sp³-hybridized carbons (Fsp3) is 0.565. The van der Waals surface area contributed by atoms with Gasteiger partial charge in [0.1, 0.15) is 5.03 Å². The Bertz CT molecular complexity index is 883. The summed E-state index contributed by atoms with van der Waals surface area (Å²) in [6.07, 6.45) is 8.39. The summed E-state index contributed by atoms with van der Waals surface area (Å²) in [7, 11) is 0. The maximum atomic E-state index is 10.4. The lowest BCUT2D eigenvalue weighted by Gasteiger charge is -2.49. The van der Waals surface area contributed by atoms with E-state index in [2.05, 4.69) is 38.4 Å². The Balaban J connectivity index is 1.29. The van der Waals surface area contributed by atoms with E-state index in [0.29, 0.717) is 5.92 Å². The predicted octanol–water partition coefficient (Wildman–Crippen LogP) is 4.69. The lowest BCUT2D eigenvalue weighted by molar-refractivity contribution is -0.0340. The zero-order chi connectivity index (χ0) is 20.0. The Morgan fingerprint density at radius 1 is 1.17 bits per heavy atom. The summed E-state index contributed by atoms with van der Waals surface area (Å²) in [6, 6.07) is 6.74. The number of hydrogen-bond acceptors (Lipinski definition) is 6. The highest BCUT2D eigenvalue weighted by molar-refractivity contribution is 7.99. The summed E-state index contributed by atoms with van der Waals surface area (Å²) in [5.41, 5.74) is 1.93. The van der Waals surface area contributed by atoms with Crippen molar-refractivity contribution >= 4 is 23.3 Å². The predicted molar refractivity (Wildman–Crippen MR) is 116 cm³/mol. The van der Waals surface area contributed by atoms with Crippen LogP contribution in [-0.4, -0.2) is 38.7 Å². The molecular formula is C23H30N4OS. The molecule has 0 amide bonds. The van der Waals surface area contributed by atoms with Crippen molar-refractivity contribution in [1.29, 1.82) is 0 Å². The van der Waals surface area contributed by atoms with Crippen molar-refractivity contribution in [2.45, 2.75) is 61.6 Å². The van der Waals surface area contributed by atoms with E-state index in [4.69, 9.17) is 0 Å². The van der Waals surface area contributed by atoms with E-state index < -0.39 is 5.60 Å². The zero-order valence-corrected chi connectivity index (χ0v) is 18.1. The van der Waals surface area contributed by atoms with Gasteiger partial charge in [0, 0.05) is 36.9 Å². The van der Waals surface area contributed by atoms with Crippen LogP contribution in [0.1, 0.15) is 45.1 Å². The van der Waals surface area contributed by atoms with Gasteiger partial charge in [0.05, 0.1) is 11.3 Å². The molecule has 2 aromatic rings. The summed E-state index contributed by atoms with van der Waals surface area (Å²) >= 11 is 1.68. The maximum Gasteiger partial charge on any atom is 0.163 e. The molecule has 2 N–H and O–H groups in total. The number of fused-ring (bicyclic) bond motifs is 4. The van der Waals surface area contributed by atoms with Crippen LogP contribution >= 0.6 is 11.8 Å². The second-order valence-corrected chi connectivity index (χ2v) is 10.6. The average Bonchev–Trinajstić information content (AvgIpc) is 2.66. The highest BCUT2D eigenvalue weighted by Gasteiger charge is 2.41. The molecular weight excluding hydrogens is 380 g/mol. The molecule has 3 aliphatic rings. The molecule has 1 aromatic carbocycles. The number of benzene rings is 1. The van der Waals surface area contributed by atoms with Crippen LogP contribution < -0.4 is 5.32 Å². The van der Waals surface area contributed by atoms with Crippen LogP contribution in [0.4, 0.5) is 11.5 Å². The van der Waals surface area contributed by atoms with Gasteiger partial charge in [-0.15, -0.1) is 0 Å². The number of nitrogens with one attached hydrogen (secondary N) is 1. The maximum absolute atomic E-state index is 10.4. The van der Waals surface area contributed by atoms with E-state index in [1.807, 2.05) is 13.8 Å². The summed E-state index contributed by atoms with van der Waals surface area (Å²) < 4.78 is 0. The van der Waals surface area contributed by atoms with Crippen molar-refractivity contribution < 1.29 is 5.11 Å². The van der Waals surface area contributed by atoms with Crippen molar-refractivity contribution in [3.8, 4) is 0 Å². The van der Waals surface area contributed by atoms with Gasteiger partial charge in [0.15, 0.2) is 5.82 Å². The molecule has 29 heavy (non-hydrogen) atoms. The zero-order valence-electron chi connectivity index (χ0n) is 17.3.